The molecule has 192 valence electrons. The van der Waals surface area contributed by atoms with Gasteiger partial charge in [-0.15, -0.1) is 0 Å². The fraction of sp³-hybridized carbons (Fsp3) is 0.400. The highest BCUT2D eigenvalue weighted by atomic mass is 16.5. The van der Waals surface area contributed by atoms with E-state index in [2.05, 4.69) is 23.0 Å². The van der Waals surface area contributed by atoms with Gasteiger partial charge in [0.15, 0.2) is 5.60 Å². The number of hydrogen-bond donors (Lipinski definition) is 1. The van der Waals surface area contributed by atoms with Crippen molar-refractivity contribution in [3.05, 3.63) is 89.2 Å². The molecule has 0 amide bonds. The number of fused-ring (bicyclic) bond motifs is 1. The summed E-state index contributed by atoms with van der Waals surface area (Å²) in [5.74, 6) is 0.985. The molecule has 2 fully saturated rings. The second-order valence-electron chi connectivity index (χ2n) is 10.3. The van der Waals surface area contributed by atoms with E-state index in [0.29, 0.717) is 34.5 Å². The average Bonchev–Trinajstić information content (AvgIpc) is 3.16. The third kappa shape index (κ3) is 4.06. The van der Waals surface area contributed by atoms with Crippen LogP contribution in [-0.4, -0.2) is 55.5 Å². The molecule has 3 aliphatic rings. The standard InChI is InChI=1S/C24H22N2O3.C6H11NO/c1-3-13-23(27)22-20(28-2)15-26-16-21(22)29-24(23,18-7-5-4-6-8-18)19-11-9-17(14-25)10-12-19;1-7-2-6(3-7)4-8-5-6/h4-12,15-16,27H,3,13H2,1-2H3;2-5H2,1H3. The van der Waals surface area contributed by atoms with Crippen LogP contribution in [0.3, 0.4) is 0 Å². The molecule has 6 rings (SSSR count). The van der Waals surface area contributed by atoms with Crippen LogP contribution in [0, 0.1) is 16.7 Å². The first-order valence-electron chi connectivity index (χ1n) is 12.7. The molecule has 0 aliphatic carbocycles. The van der Waals surface area contributed by atoms with Gasteiger partial charge in [-0.05, 0) is 25.6 Å². The Morgan fingerprint density at radius 3 is 2.24 bits per heavy atom. The first kappa shape index (κ1) is 25.2. The Bertz CT molecular complexity index is 1280. The minimum Gasteiger partial charge on any atom is -0.495 e. The lowest BCUT2D eigenvalue weighted by Gasteiger charge is -2.53. The van der Waals surface area contributed by atoms with Crippen molar-refractivity contribution in [2.24, 2.45) is 5.41 Å². The smallest absolute Gasteiger partial charge is 0.192 e. The molecule has 3 aliphatic heterocycles. The van der Waals surface area contributed by atoms with Gasteiger partial charge in [0.05, 0.1) is 49.9 Å². The quantitative estimate of drug-likeness (QED) is 0.562. The molecule has 0 bridgehead atoms. The lowest BCUT2D eigenvalue weighted by atomic mass is 9.69. The molecule has 0 saturated carbocycles. The fourth-order valence-corrected chi connectivity index (χ4v) is 6.04. The second-order valence-corrected chi connectivity index (χ2v) is 10.3. The third-order valence-corrected chi connectivity index (χ3v) is 7.60. The summed E-state index contributed by atoms with van der Waals surface area (Å²) in [4.78, 5) is 6.56. The summed E-state index contributed by atoms with van der Waals surface area (Å²) in [6.07, 6.45) is 4.40. The van der Waals surface area contributed by atoms with Crippen LogP contribution >= 0.6 is 0 Å². The topological polar surface area (TPSA) is 87.8 Å². The van der Waals surface area contributed by atoms with E-state index in [1.165, 1.54) is 13.1 Å². The minimum absolute atomic E-state index is 0.454. The Hall–Kier alpha value is -3.44. The summed E-state index contributed by atoms with van der Waals surface area (Å²) in [7, 11) is 3.72. The molecule has 7 nitrogen and oxygen atoms in total. The number of hydrogen-bond acceptors (Lipinski definition) is 7. The number of aliphatic hydroxyl groups is 1. The summed E-state index contributed by atoms with van der Waals surface area (Å²) in [5, 5.41) is 21.5. The third-order valence-electron chi connectivity index (χ3n) is 7.60. The highest BCUT2D eigenvalue weighted by molar-refractivity contribution is 5.58. The number of likely N-dealkylation sites (tertiary alicyclic amines) is 1. The second kappa shape index (κ2) is 9.79. The van der Waals surface area contributed by atoms with Crippen LogP contribution in [-0.2, 0) is 15.9 Å². The van der Waals surface area contributed by atoms with Crippen LogP contribution in [0.1, 0.15) is 42.0 Å². The number of aromatic nitrogens is 1. The number of rotatable bonds is 5. The monoisotopic (exact) mass is 499 g/mol. The Morgan fingerprint density at radius 2 is 1.73 bits per heavy atom. The molecular formula is C30H33N3O4. The average molecular weight is 500 g/mol. The number of methoxy groups -OCH3 is 1. The Labute approximate surface area is 218 Å². The minimum atomic E-state index is -1.39. The zero-order chi connectivity index (χ0) is 26.1. The summed E-state index contributed by atoms with van der Waals surface area (Å²) >= 11 is 0. The van der Waals surface area contributed by atoms with E-state index >= 15 is 0 Å². The maximum atomic E-state index is 12.3. The molecule has 1 N–H and O–H groups in total. The van der Waals surface area contributed by atoms with Gasteiger partial charge >= 0.3 is 0 Å². The summed E-state index contributed by atoms with van der Waals surface area (Å²) in [6, 6.07) is 19.0. The van der Waals surface area contributed by atoms with Gasteiger partial charge in [-0.25, -0.2) is 0 Å². The molecule has 37 heavy (non-hydrogen) atoms. The normalized spacial score (nSPS) is 24.9. The van der Waals surface area contributed by atoms with Crippen LogP contribution in [0.25, 0.3) is 0 Å². The first-order valence-corrected chi connectivity index (χ1v) is 12.7. The maximum absolute atomic E-state index is 12.3. The van der Waals surface area contributed by atoms with E-state index in [1.54, 1.807) is 31.6 Å². The number of benzene rings is 2. The van der Waals surface area contributed by atoms with Crippen molar-refractivity contribution in [2.45, 2.75) is 31.0 Å². The van der Waals surface area contributed by atoms with Crippen LogP contribution in [0.4, 0.5) is 0 Å². The molecule has 2 atom stereocenters. The zero-order valence-corrected chi connectivity index (χ0v) is 21.6. The molecular weight excluding hydrogens is 466 g/mol. The Morgan fingerprint density at radius 1 is 1.05 bits per heavy atom. The largest absolute Gasteiger partial charge is 0.495 e. The lowest BCUT2D eigenvalue weighted by molar-refractivity contribution is -0.182. The van der Waals surface area contributed by atoms with Crippen molar-refractivity contribution >= 4 is 0 Å². The maximum Gasteiger partial charge on any atom is 0.192 e. The van der Waals surface area contributed by atoms with Gasteiger partial charge in [0.25, 0.3) is 0 Å². The molecule has 1 spiro atoms. The zero-order valence-electron chi connectivity index (χ0n) is 21.6. The van der Waals surface area contributed by atoms with Crippen molar-refractivity contribution in [3.8, 4) is 17.6 Å². The van der Waals surface area contributed by atoms with E-state index in [-0.39, 0.29) is 0 Å². The van der Waals surface area contributed by atoms with Crippen LogP contribution in [0.15, 0.2) is 67.0 Å². The van der Waals surface area contributed by atoms with Crippen LogP contribution in [0.5, 0.6) is 11.5 Å². The summed E-state index contributed by atoms with van der Waals surface area (Å²) in [5.41, 5.74) is 0.763. The molecule has 2 unspecified atom stereocenters. The molecule has 4 heterocycles. The molecule has 1 aromatic heterocycles. The van der Waals surface area contributed by atoms with Crippen molar-refractivity contribution in [2.75, 3.05) is 40.5 Å². The molecule has 2 saturated heterocycles. The SMILES string of the molecule is CCCC1(O)c2c(OC)cncc2OC1(c1ccccc1)c1ccc(C#N)cc1.CN1CC2(COC2)C1. The van der Waals surface area contributed by atoms with E-state index in [4.69, 9.17) is 14.2 Å². The molecule has 0 radical (unpaired) electrons. The fourth-order valence-electron chi connectivity index (χ4n) is 6.04. The predicted molar refractivity (Wildman–Crippen MR) is 139 cm³/mol. The van der Waals surface area contributed by atoms with Gasteiger partial charge in [-0.3, -0.25) is 4.98 Å². The van der Waals surface area contributed by atoms with Crippen molar-refractivity contribution in [3.63, 3.8) is 0 Å². The van der Waals surface area contributed by atoms with E-state index in [0.717, 1.165) is 30.8 Å². The van der Waals surface area contributed by atoms with Crippen LogP contribution < -0.4 is 9.47 Å². The number of pyridine rings is 1. The molecule has 7 heteroatoms. The summed E-state index contributed by atoms with van der Waals surface area (Å²) in [6.45, 7) is 6.56. The lowest BCUT2D eigenvalue weighted by Crippen LogP contribution is -2.64. The highest BCUT2D eigenvalue weighted by Crippen LogP contribution is 2.60. The van der Waals surface area contributed by atoms with E-state index in [1.807, 2.05) is 49.4 Å². The van der Waals surface area contributed by atoms with Gasteiger partial charge in [-0.1, -0.05) is 55.8 Å². The van der Waals surface area contributed by atoms with Crippen molar-refractivity contribution < 1.29 is 19.3 Å². The van der Waals surface area contributed by atoms with E-state index in [9.17, 15) is 10.4 Å². The van der Waals surface area contributed by atoms with Crippen molar-refractivity contribution in [1.82, 2.24) is 9.88 Å². The Kier molecular flexibility index (Phi) is 6.67. The number of nitriles is 1. The predicted octanol–water partition coefficient (Wildman–Crippen LogP) is 4.23. The van der Waals surface area contributed by atoms with Crippen LogP contribution in [0.2, 0.25) is 0 Å². The number of ether oxygens (including phenoxy) is 3. The van der Waals surface area contributed by atoms with E-state index < -0.39 is 11.2 Å². The van der Waals surface area contributed by atoms with Gasteiger partial charge in [0, 0.05) is 29.6 Å². The van der Waals surface area contributed by atoms with Gasteiger partial charge in [0.1, 0.15) is 17.1 Å². The highest BCUT2D eigenvalue weighted by Gasteiger charge is 2.62. The summed E-state index contributed by atoms with van der Waals surface area (Å²) < 4.78 is 17.2. The molecule has 3 aromatic rings. The number of nitrogens with zero attached hydrogens (tertiary/aromatic N) is 3. The Balaban J connectivity index is 0.000000295. The van der Waals surface area contributed by atoms with Crippen molar-refractivity contribution in [1.29, 1.82) is 5.26 Å². The molecule has 2 aromatic carbocycles. The van der Waals surface area contributed by atoms with Gasteiger partial charge in [0.2, 0.25) is 0 Å². The first-order chi connectivity index (χ1) is 17.9. The van der Waals surface area contributed by atoms with Gasteiger partial charge < -0.3 is 24.2 Å². The van der Waals surface area contributed by atoms with Gasteiger partial charge in [-0.2, -0.15) is 5.26 Å².